The Hall–Kier alpha value is -3.80. The summed E-state index contributed by atoms with van der Waals surface area (Å²) in [6, 6.07) is 28.0. The molecule has 0 fully saturated rings. The van der Waals surface area contributed by atoms with E-state index in [4.69, 9.17) is 9.47 Å². The Morgan fingerprint density at radius 2 is 1.26 bits per heavy atom. The second-order valence-corrected chi connectivity index (χ2v) is 13.9. The molecule has 0 radical (unpaired) electrons. The van der Waals surface area contributed by atoms with E-state index in [0.717, 1.165) is 60.0 Å². The fourth-order valence-electron chi connectivity index (χ4n) is 5.31. The van der Waals surface area contributed by atoms with Crippen molar-refractivity contribution < 1.29 is 19.1 Å². The maximum Gasteiger partial charge on any atom is 0.419 e. The van der Waals surface area contributed by atoms with Crippen molar-refractivity contribution in [3.05, 3.63) is 84.9 Å². The van der Waals surface area contributed by atoms with Crippen molar-refractivity contribution >= 4 is 58.3 Å². The van der Waals surface area contributed by atoms with Gasteiger partial charge < -0.3 is 14.4 Å². The summed E-state index contributed by atoms with van der Waals surface area (Å²) >= 11 is 3.31. The number of hydrogen-bond donors (Lipinski definition) is 0. The molecule has 0 aliphatic carbocycles. The molecule has 46 heavy (non-hydrogen) atoms. The van der Waals surface area contributed by atoms with Crippen molar-refractivity contribution in [2.75, 3.05) is 64.4 Å². The van der Waals surface area contributed by atoms with Crippen LogP contribution in [0.3, 0.4) is 0 Å². The number of anilines is 4. The first-order valence-corrected chi connectivity index (χ1v) is 16.9. The number of ether oxygens (including phenoxy) is 2. The second-order valence-electron chi connectivity index (χ2n) is 11.7. The summed E-state index contributed by atoms with van der Waals surface area (Å²) in [6.45, 7) is 3.82. The molecule has 0 bridgehead atoms. The largest absolute Gasteiger partial charge is 0.446 e. The smallest absolute Gasteiger partial charge is 0.419 e. The van der Waals surface area contributed by atoms with E-state index >= 15 is 0 Å². The zero-order valence-electron chi connectivity index (χ0n) is 26.7. The lowest BCUT2D eigenvalue weighted by atomic mass is 10.0. The van der Waals surface area contributed by atoms with Crippen LogP contribution in [0.5, 0.6) is 0 Å². The maximum atomic E-state index is 13.9. The summed E-state index contributed by atoms with van der Waals surface area (Å²) in [6.07, 6.45) is -0.438. The third kappa shape index (κ3) is 6.54. The Balaban J connectivity index is 1.30. The molecule has 2 heterocycles. The van der Waals surface area contributed by atoms with E-state index in [1.54, 1.807) is 28.4 Å². The first kappa shape index (κ1) is 32.2. The van der Waals surface area contributed by atoms with Gasteiger partial charge in [-0.3, -0.25) is 14.6 Å². The van der Waals surface area contributed by atoms with Crippen LogP contribution in [-0.2, 0) is 14.3 Å². The molecule has 2 aliphatic rings. The summed E-state index contributed by atoms with van der Waals surface area (Å²) in [5, 5.41) is 0. The van der Waals surface area contributed by atoms with Crippen LogP contribution in [0.4, 0.5) is 27.5 Å². The number of carbonyl (C=O) groups is 2. The van der Waals surface area contributed by atoms with Gasteiger partial charge in [-0.15, -0.1) is 0 Å². The number of nitrogens with zero attached hydrogens (tertiary/aromatic N) is 4. The number of amides is 2. The van der Waals surface area contributed by atoms with Crippen molar-refractivity contribution in [3.63, 3.8) is 0 Å². The van der Waals surface area contributed by atoms with Crippen LogP contribution in [0.15, 0.2) is 105 Å². The lowest BCUT2D eigenvalue weighted by Gasteiger charge is -2.34. The van der Waals surface area contributed by atoms with Crippen LogP contribution < -0.4 is 9.80 Å². The third-order valence-corrected chi connectivity index (χ3v) is 10.3. The summed E-state index contributed by atoms with van der Waals surface area (Å²) in [5.41, 5.74) is 5.30. The lowest BCUT2D eigenvalue weighted by Crippen LogP contribution is -2.43. The fourth-order valence-corrected chi connectivity index (χ4v) is 7.45. The number of rotatable bonds is 9. The molecule has 0 saturated heterocycles. The van der Waals surface area contributed by atoms with Gasteiger partial charge in [0.2, 0.25) is 5.91 Å². The molecule has 6 rings (SSSR count). The number of fused-ring (bicyclic) bond motifs is 4. The van der Waals surface area contributed by atoms with Crippen LogP contribution in [0.25, 0.3) is 11.1 Å². The maximum absolute atomic E-state index is 13.9. The Morgan fingerprint density at radius 3 is 1.96 bits per heavy atom. The summed E-state index contributed by atoms with van der Waals surface area (Å²) in [7, 11) is 7.83. The first-order chi connectivity index (χ1) is 22.2. The van der Waals surface area contributed by atoms with E-state index in [1.165, 1.54) is 0 Å². The average molecular weight is 655 g/mol. The number of likely N-dealkylation sites (N-methyl/N-ethyl adjacent to an activating group) is 2. The Bertz CT molecular complexity index is 1760. The Labute approximate surface area is 279 Å². The van der Waals surface area contributed by atoms with Crippen LogP contribution in [-0.4, -0.2) is 82.4 Å². The topological polar surface area (TPSA) is 65.6 Å². The molecule has 10 heteroatoms. The third-order valence-electron chi connectivity index (χ3n) is 8.06. The van der Waals surface area contributed by atoms with Crippen molar-refractivity contribution in [1.82, 2.24) is 9.80 Å². The molecule has 1 unspecified atom stereocenters. The predicted octanol–water partition coefficient (Wildman–Crippen LogP) is 7.75. The highest BCUT2D eigenvalue weighted by Gasteiger charge is 2.33. The molecule has 0 aromatic heterocycles. The fraction of sp³-hybridized carbons (Fsp3) is 0.278. The molecule has 2 amide bonds. The van der Waals surface area contributed by atoms with Crippen LogP contribution in [0.1, 0.15) is 6.92 Å². The number of benzene rings is 4. The summed E-state index contributed by atoms with van der Waals surface area (Å²) in [4.78, 5) is 38.8. The molecule has 0 spiro atoms. The Kier molecular flexibility index (Phi) is 9.72. The van der Waals surface area contributed by atoms with Gasteiger partial charge in [-0.05, 0) is 94.8 Å². The highest BCUT2D eigenvalue weighted by atomic mass is 32.2. The molecular weight excluding hydrogens is 617 g/mol. The van der Waals surface area contributed by atoms with Crippen molar-refractivity contribution in [2.24, 2.45) is 0 Å². The van der Waals surface area contributed by atoms with Gasteiger partial charge in [-0.1, -0.05) is 59.9 Å². The van der Waals surface area contributed by atoms with Gasteiger partial charge in [-0.2, -0.15) is 0 Å². The van der Waals surface area contributed by atoms with Crippen LogP contribution in [0.2, 0.25) is 0 Å². The van der Waals surface area contributed by atoms with E-state index in [-0.39, 0.29) is 18.6 Å². The predicted molar refractivity (Wildman–Crippen MR) is 186 cm³/mol. The van der Waals surface area contributed by atoms with Gasteiger partial charge in [0.05, 0.1) is 42.0 Å². The molecule has 1 atom stereocenters. The standard InChI is InChI=1S/C36H38N4O4S2/c1-24(38(4)5)35(41)39-27-10-6-8-12-31(27)45-33-17-15-25(22-30(33)39)26-14-16-29-34(23-26)46-32-13-9-7-11-28(32)40(29)36(42)44-21-20-43-19-18-37(2)3/h6-17,22-24H,18-21H2,1-5H3. The van der Waals surface area contributed by atoms with Gasteiger partial charge in [0.25, 0.3) is 0 Å². The van der Waals surface area contributed by atoms with E-state index in [2.05, 4.69) is 30.3 Å². The number of carbonyl (C=O) groups excluding carboxylic acids is 2. The van der Waals surface area contributed by atoms with Gasteiger partial charge in [0.1, 0.15) is 6.61 Å². The minimum atomic E-state index is -0.438. The number of hydrogen-bond acceptors (Lipinski definition) is 8. The second kappa shape index (κ2) is 13.9. The van der Waals surface area contributed by atoms with E-state index in [9.17, 15) is 9.59 Å². The van der Waals surface area contributed by atoms with Crippen molar-refractivity contribution in [1.29, 1.82) is 0 Å². The number of para-hydroxylation sites is 2. The van der Waals surface area contributed by atoms with Crippen molar-refractivity contribution in [3.8, 4) is 11.1 Å². The van der Waals surface area contributed by atoms with Crippen molar-refractivity contribution in [2.45, 2.75) is 32.5 Å². The highest BCUT2D eigenvalue weighted by molar-refractivity contribution is 8.00. The minimum Gasteiger partial charge on any atom is -0.446 e. The summed E-state index contributed by atoms with van der Waals surface area (Å²) < 4.78 is 11.3. The van der Waals surface area contributed by atoms with Crippen LogP contribution in [0, 0.1) is 0 Å². The Morgan fingerprint density at radius 1 is 0.674 bits per heavy atom. The summed E-state index contributed by atoms with van der Waals surface area (Å²) in [5.74, 6) is 0.0195. The van der Waals surface area contributed by atoms with E-state index in [1.807, 2.05) is 104 Å². The lowest BCUT2D eigenvalue weighted by molar-refractivity contribution is -0.121. The van der Waals surface area contributed by atoms with Gasteiger partial charge >= 0.3 is 6.09 Å². The van der Waals surface area contributed by atoms with Crippen LogP contribution >= 0.6 is 23.5 Å². The molecule has 8 nitrogen and oxygen atoms in total. The molecule has 238 valence electrons. The zero-order valence-corrected chi connectivity index (χ0v) is 28.4. The molecule has 4 aromatic rings. The van der Waals surface area contributed by atoms with Gasteiger partial charge in [0, 0.05) is 26.1 Å². The molecule has 2 aliphatic heterocycles. The molecule has 0 saturated carbocycles. The van der Waals surface area contributed by atoms with Gasteiger partial charge in [0.15, 0.2) is 0 Å². The monoisotopic (exact) mass is 654 g/mol. The highest BCUT2D eigenvalue weighted by Crippen LogP contribution is 2.52. The average Bonchev–Trinajstić information content (AvgIpc) is 3.06. The minimum absolute atomic E-state index is 0.0195. The van der Waals surface area contributed by atoms with E-state index in [0.29, 0.717) is 13.2 Å². The quantitative estimate of drug-likeness (QED) is 0.170. The normalized spacial score (nSPS) is 14.0. The zero-order chi connectivity index (χ0) is 32.4. The SMILES string of the molecule is CC(C(=O)N1c2ccccc2Sc2ccc(-c3ccc4c(c3)Sc3ccccc3N4C(=O)OCCOCCN(C)C)cc21)N(C)C. The first-order valence-electron chi connectivity index (χ1n) is 15.2. The van der Waals surface area contributed by atoms with Gasteiger partial charge in [-0.25, -0.2) is 9.69 Å². The van der Waals surface area contributed by atoms with E-state index < -0.39 is 6.09 Å². The molecule has 0 N–H and O–H groups in total. The molecule has 4 aromatic carbocycles. The molecular formula is C36H38N4O4S2.